The Morgan fingerprint density at radius 3 is 2.80 bits per heavy atom. The van der Waals surface area contributed by atoms with Crippen LogP contribution >= 0.6 is 23.2 Å². The molecule has 0 aliphatic rings. The van der Waals surface area contributed by atoms with Crippen LogP contribution in [0.25, 0.3) is 0 Å². The Kier molecular flexibility index (Phi) is 5.54. The van der Waals surface area contributed by atoms with Crippen molar-refractivity contribution in [3.8, 4) is 5.75 Å². The summed E-state index contributed by atoms with van der Waals surface area (Å²) in [5.74, 6) is 0.648. The molecule has 1 N–H and O–H groups in total. The summed E-state index contributed by atoms with van der Waals surface area (Å²) in [6.45, 7) is 1.33. The van der Waals surface area contributed by atoms with Gasteiger partial charge in [-0.25, -0.2) is 0 Å². The first-order chi connectivity index (χ1) is 7.24. The molecule has 0 fully saturated rings. The van der Waals surface area contributed by atoms with E-state index < -0.39 is 0 Å². The fourth-order valence-corrected chi connectivity index (χ4v) is 1.46. The number of ether oxygens (including phenoxy) is 1. The maximum absolute atomic E-state index is 5.92. The third-order valence-electron chi connectivity index (χ3n) is 1.72. The molecule has 2 nitrogen and oxygen atoms in total. The number of hydrogen-bond acceptors (Lipinski definition) is 2. The van der Waals surface area contributed by atoms with E-state index in [4.69, 9.17) is 27.9 Å². The van der Waals surface area contributed by atoms with Crippen LogP contribution in [0.2, 0.25) is 10.0 Å². The molecule has 0 heterocycles. The molecule has 0 amide bonds. The molecule has 15 heavy (non-hydrogen) atoms. The molecule has 82 valence electrons. The van der Waals surface area contributed by atoms with E-state index in [1.807, 2.05) is 19.2 Å². The molecule has 0 bridgehead atoms. The largest absolute Gasteiger partial charge is 0.488 e. The normalized spacial score (nSPS) is 10.9. The van der Waals surface area contributed by atoms with E-state index in [9.17, 15) is 0 Å². The van der Waals surface area contributed by atoms with Crippen molar-refractivity contribution in [2.24, 2.45) is 0 Å². The lowest BCUT2D eigenvalue weighted by atomic mass is 10.3. The standard InChI is InChI=1S/C11H13Cl2NO/c1-14-6-2-3-7-15-11-5-4-9(12)8-10(11)13/h2-5,8,14H,6-7H2,1H3/b3-2+. The van der Waals surface area contributed by atoms with Gasteiger partial charge < -0.3 is 10.1 Å². The van der Waals surface area contributed by atoms with E-state index in [0.717, 1.165) is 6.54 Å². The van der Waals surface area contributed by atoms with E-state index >= 15 is 0 Å². The minimum absolute atomic E-state index is 0.503. The Morgan fingerprint density at radius 1 is 1.33 bits per heavy atom. The zero-order valence-electron chi connectivity index (χ0n) is 8.47. The third-order valence-corrected chi connectivity index (χ3v) is 2.25. The van der Waals surface area contributed by atoms with Gasteiger partial charge in [-0.05, 0) is 25.2 Å². The topological polar surface area (TPSA) is 21.3 Å². The molecule has 0 aliphatic carbocycles. The Balaban J connectivity index is 2.44. The van der Waals surface area contributed by atoms with Crippen LogP contribution in [0.5, 0.6) is 5.75 Å². The molecule has 0 aliphatic heterocycles. The summed E-state index contributed by atoms with van der Waals surface area (Å²) in [6.07, 6.45) is 3.92. The first-order valence-corrected chi connectivity index (χ1v) is 5.37. The second kappa shape index (κ2) is 6.72. The van der Waals surface area contributed by atoms with Gasteiger partial charge in [0.1, 0.15) is 12.4 Å². The average Bonchev–Trinajstić information content (AvgIpc) is 2.20. The Bertz CT molecular complexity index is 339. The smallest absolute Gasteiger partial charge is 0.138 e. The van der Waals surface area contributed by atoms with Crippen molar-refractivity contribution in [1.29, 1.82) is 0 Å². The van der Waals surface area contributed by atoms with Gasteiger partial charge in [-0.3, -0.25) is 0 Å². The van der Waals surface area contributed by atoms with Crippen LogP contribution in [0.15, 0.2) is 30.4 Å². The van der Waals surface area contributed by atoms with Gasteiger partial charge in [0, 0.05) is 11.6 Å². The van der Waals surface area contributed by atoms with Crippen molar-refractivity contribution in [1.82, 2.24) is 5.32 Å². The summed E-state index contributed by atoms with van der Waals surface area (Å²) in [6, 6.07) is 5.17. The van der Waals surface area contributed by atoms with E-state index in [-0.39, 0.29) is 0 Å². The van der Waals surface area contributed by atoms with E-state index in [1.54, 1.807) is 18.2 Å². The van der Waals surface area contributed by atoms with Crippen LogP contribution in [-0.4, -0.2) is 20.2 Å². The van der Waals surface area contributed by atoms with Crippen molar-refractivity contribution in [2.45, 2.75) is 0 Å². The van der Waals surface area contributed by atoms with Crippen LogP contribution in [0.3, 0.4) is 0 Å². The van der Waals surface area contributed by atoms with Gasteiger partial charge >= 0.3 is 0 Å². The Hall–Kier alpha value is -0.700. The molecule has 0 radical (unpaired) electrons. The maximum atomic E-state index is 5.92. The fourth-order valence-electron chi connectivity index (χ4n) is 0.999. The van der Waals surface area contributed by atoms with Crippen LogP contribution in [0, 0.1) is 0 Å². The molecular formula is C11H13Cl2NO. The number of nitrogens with one attached hydrogen (secondary N) is 1. The van der Waals surface area contributed by atoms with Crippen LogP contribution in [0.4, 0.5) is 0 Å². The van der Waals surface area contributed by atoms with Crippen molar-refractivity contribution in [2.75, 3.05) is 20.2 Å². The first-order valence-electron chi connectivity index (χ1n) is 4.61. The molecule has 4 heteroatoms. The minimum atomic E-state index is 0.503. The molecule has 0 spiro atoms. The highest BCUT2D eigenvalue weighted by Gasteiger charge is 2.00. The van der Waals surface area contributed by atoms with Gasteiger partial charge in [0.25, 0.3) is 0 Å². The van der Waals surface area contributed by atoms with Gasteiger partial charge in [0.05, 0.1) is 5.02 Å². The second-order valence-corrected chi connectivity index (χ2v) is 3.76. The van der Waals surface area contributed by atoms with Crippen molar-refractivity contribution in [3.63, 3.8) is 0 Å². The second-order valence-electron chi connectivity index (χ2n) is 2.91. The number of hydrogen-bond donors (Lipinski definition) is 1. The summed E-state index contributed by atoms with van der Waals surface area (Å²) in [5, 5.41) is 4.14. The number of benzene rings is 1. The van der Waals surface area contributed by atoms with Crippen LogP contribution < -0.4 is 10.1 Å². The number of halogens is 2. The lowest BCUT2D eigenvalue weighted by Crippen LogP contribution is -2.04. The zero-order valence-corrected chi connectivity index (χ0v) is 9.98. The lowest BCUT2D eigenvalue weighted by molar-refractivity contribution is 0.363. The quantitative estimate of drug-likeness (QED) is 0.806. The molecule has 1 aromatic carbocycles. The fraction of sp³-hybridized carbons (Fsp3) is 0.273. The summed E-state index contributed by atoms with van der Waals surface area (Å²) in [5.41, 5.74) is 0. The van der Waals surface area contributed by atoms with E-state index in [2.05, 4.69) is 5.32 Å². The van der Waals surface area contributed by atoms with Gasteiger partial charge in [0.15, 0.2) is 0 Å². The minimum Gasteiger partial charge on any atom is -0.488 e. The molecule has 0 atom stereocenters. The molecule has 1 rings (SSSR count). The molecule has 0 saturated carbocycles. The van der Waals surface area contributed by atoms with Crippen molar-refractivity contribution in [3.05, 3.63) is 40.4 Å². The van der Waals surface area contributed by atoms with Gasteiger partial charge in [-0.2, -0.15) is 0 Å². The predicted molar refractivity (Wildman–Crippen MR) is 65.0 cm³/mol. The predicted octanol–water partition coefficient (Wildman–Crippen LogP) is 3.15. The van der Waals surface area contributed by atoms with Crippen molar-refractivity contribution >= 4 is 23.2 Å². The molecule has 0 saturated heterocycles. The molecule has 0 unspecified atom stereocenters. The summed E-state index contributed by atoms with van der Waals surface area (Å²) < 4.78 is 5.43. The first kappa shape index (κ1) is 12.4. The average molecular weight is 246 g/mol. The maximum Gasteiger partial charge on any atom is 0.138 e. The third kappa shape index (κ3) is 4.56. The Labute approximate surface area is 99.8 Å². The SMILES string of the molecule is CNC/C=C/COc1ccc(Cl)cc1Cl. The molecule has 0 aromatic heterocycles. The van der Waals surface area contributed by atoms with Gasteiger partial charge in [0.2, 0.25) is 0 Å². The van der Waals surface area contributed by atoms with E-state index in [0.29, 0.717) is 22.4 Å². The number of likely N-dealkylation sites (N-methyl/N-ethyl adjacent to an activating group) is 1. The van der Waals surface area contributed by atoms with Gasteiger partial charge in [-0.1, -0.05) is 35.4 Å². The number of rotatable bonds is 5. The highest BCUT2D eigenvalue weighted by molar-refractivity contribution is 6.35. The molecular weight excluding hydrogens is 233 g/mol. The summed E-state index contributed by atoms with van der Waals surface area (Å²) >= 11 is 11.7. The van der Waals surface area contributed by atoms with Crippen LogP contribution in [-0.2, 0) is 0 Å². The lowest BCUT2D eigenvalue weighted by Gasteiger charge is -2.05. The zero-order chi connectivity index (χ0) is 11.1. The highest BCUT2D eigenvalue weighted by Crippen LogP contribution is 2.27. The Morgan fingerprint density at radius 2 is 2.13 bits per heavy atom. The monoisotopic (exact) mass is 245 g/mol. The summed E-state index contributed by atoms with van der Waals surface area (Å²) in [7, 11) is 1.89. The van der Waals surface area contributed by atoms with Crippen molar-refractivity contribution < 1.29 is 4.74 Å². The van der Waals surface area contributed by atoms with Gasteiger partial charge in [-0.15, -0.1) is 0 Å². The summed E-state index contributed by atoms with van der Waals surface area (Å²) in [4.78, 5) is 0. The molecule has 1 aromatic rings. The van der Waals surface area contributed by atoms with E-state index in [1.165, 1.54) is 0 Å². The van der Waals surface area contributed by atoms with Crippen LogP contribution in [0.1, 0.15) is 0 Å². The highest BCUT2D eigenvalue weighted by atomic mass is 35.5.